The summed E-state index contributed by atoms with van der Waals surface area (Å²) >= 11 is 0. The molecule has 1 atom stereocenters. The molecule has 12 aromatic rings. The van der Waals surface area contributed by atoms with Crippen molar-refractivity contribution >= 4 is 92.3 Å². The van der Waals surface area contributed by atoms with Crippen molar-refractivity contribution < 1.29 is 92.6 Å². The van der Waals surface area contributed by atoms with E-state index in [1.54, 1.807) is 6.20 Å². The quantitative estimate of drug-likeness (QED) is 0.0302. The minimum absolute atomic E-state index is 0.0854. The van der Waals surface area contributed by atoms with Crippen LogP contribution in [0.5, 0.6) is 0 Å². The van der Waals surface area contributed by atoms with Gasteiger partial charge in [0.25, 0.3) is 30.1 Å². The molecule has 12 rings (SSSR count). The van der Waals surface area contributed by atoms with E-state index in [0.717, 1.165) is 71.7 Å². The fourth-order valence-corrected chi connectivity index (χ4v) is 11.9. The van der Waals surface area contributed by atoms with Gasteiger partial charge in [-0.25, -0.2) is 68.3 Å². The zero-order valence-corrected chi connectivity index (χ0v) is 50.2. The highest BCUT2D eigenvalue weighted by atomic mass is 32.2. The molecule has 0 fully saturated rings. The number of fused-ring (bicyclic) bond motifs is 3. The molecular formula is C60H40F12N12O9S3. The molecule has 96 heavy (non-hydrogen) atoms. The Kier molecular flexibility index (Phi) is 20.1. The van der Waals surface area contributed by atoms with Crippen molar-refractivity contribution in [3.63, 3.8) is 0 Å². The van der Waals surface area contributed by atoms with Gasteiger partial charge in [0.15, 0.2) is 29.5 Å². The Labute approximate surface area is 532 Å². The van der Waals surface area contributed by atoms with E-state index < -0.39 is 132 Å². The number of aromatic amines is 3. The van der Waals surface area contributed by atoms with E-state index in [0.29, 0.717) is 58.5 Å². The van der Waals surface area contributed by atoms with Crippen LogP contribution < -0.4 is 14.2 Å². The number of aliphatic hydroxyl groups excluding tert-OH is 1. The summed E-state index contributed by atoms with van der Waals surface area (Å²) in [4.78, 5) is 54.0. The Morgan fingerprint density at radius 3 is 1.35 bits per heavy atom. The van der Waals surface area contributed by atoms with Crippen molar-refractivity contribution in [2.24, 2.45) is 0 Å². The van der Waals surface area contributed by atoms with E-state index in [4.69, 9.17) is 0 Å². The first kappa shape index (κ1) is 69.2. The number of rotatable bonds is 14. The van der Waals surface area contributed by atoms with Crippen LogP contribution in [0.25, 0.3) is 33.1 Å². The van der Waals surface area contributed by atoms with Crippen LogP contribution in [0, 0.1) is 17.5 Å². The van der Waals surface area contributed by atoms with Gasteiger partial charge < -0.3 is 20.1 Å². The molecule has 1 unspecified atom stereocenters. The largest absolute Gasteiger partial charge is 0.416 e. The molecule has 0 bridgehead atoms. The molecule has 21 nitrogen and oxygen atoms in total. The predicted octanol–water partition coefficient (Wildman–Crippen LogP) is 12.6. The molecule has 6 heterocycles. The smallest absolute Gasteiger partial charge is 0.383 e. The third-order valence-electron chi connectivity index (χ3n) is 13.4. The summed E-state index contributed by atoms with van der Waals surface area (Å²) in [6.07, 6.45) is -1.82. The van der Waals surface area contributed by atoms with Gasteiger partial charge in [-0.15, -0.1) is 0 Å². The summed E-state index contributed by atoms with van der Waals surface area (Å²) in [6.45, 7) is 0. The monoisotopic (exact) mass is 1400 g/mol. The maximum Gasteiger partial charge on any atom is 0.416 e. The Hall–Kier alpha value is -11.1. The van der Waals surface area contributed by atoms with Crippen molar-refractivity contribution in [2.75, 3.05) is 14.2 Å². The number of aliphatic hydroxyl groups is 1. The van der Waals surface area contributed by atoms with E-state index >= 15 is 8.78 Å². The second-order valence-corrected chi connectivity index (χ2v) is 24.7. The molecular weight excluding hydrogens is 1360 g/mol. The van der Waals surface area contributed by atoms with Gasteiger partial charge >= 0.3 is 18.5 Å². The SMILES string of the molecule is O=C(c1cccc(NS(=O)(=O)c2ccc(C(F)(F)F)cc2)c1F)c1c[nH]c2ncncc12.O=Cc1cccc(NS(=O)(=O)c2ccc(C(F)(F)F)cc2)c1F.O=S(=O)(Nc1cccc(C(O)c2c[nH]c3ncncc23)c1F)c1ccc(C(F)(F)F)cc1.c1ncc2cc[nH]c2n1. The number of halogens is 12. The van der Waals surface area contributed by atoms with Gasteiger partial charge in [0, 0.05) is 64.5 Å². The summed E-state index contributed by atoms with van der Waals surface area (Å²) in [5, 5.41) is 12.6. The number of aldehydes is 1. The van der Waals surface area contributed by atoms with Crippen LogP contribution in [0.2, 0.25) is 0 Å². The van der Waals surface area contributed by atoms with E-state index in [1.807, 2.05) is 26.4 Å². The zero-order chi connectivity index (χ0) is 69.5. The average Bonchev–Trinajstić information content (AvgIpc) is 1.54. The van der Waals surface area contributed by atoms with Crippen molar-refractivity contribution in [3.05, 3.63) is 252 Å². The number of aromatic nitrogens is 9. The molecule has 7 N–H and O–H groups in total. The Balaban J connectivity index is 0.000000160. The molecule has 0 saturated heterocycles. The lowest BCUT2D eigenvalue weighted by atomic mass is 10.0. The van der Waals surface area contributed by atoms with Crippen molar-refractivity contribution in [1.82, 2.24) is 44.9 Å². The molecule has 6 aromatic carbocycles. The second kappa shape index (κ2) is 27.8. The summed E-state index contributed by atoms with van der Waals surface area (Å²) < 4.78 is 238. The van der Waals surface area contributed by atoms with Gasteiger partial charge in [-0.1, -0.05) is 24.3 Å². The number of carbonyl (C=O) groups excluding carboxylic acids is 2. The van der Waals surface area contributed by atoms with Gasteiger partial charge in [-0.05, 0) is 109 Å². The zero-order valence-electron chi connectivity index (χ0n) is 47.7. The van der Waals surface area contributed by atoms with Crippen LogP contribution in [-0.4, -0.2) is 87.3 Å². The van der Waals surface area contributed by atoms with Gasteiger partial charge in [-0.2, -0.15) is 39.5 Å². The molecule has 0 aliphatic rings. The summed E-state index contributed by atoms with van der Waals surface area (Å²) in [5.41, 5.74) is -3.48. The number of carbonyl (C=O) groups is 2. The Bertz CT molecular complexity index is 5150. The first-order valence-electron chi connectivity index (χ1n) is 26.7. The lowest BCUT2D eigenvalue weighted by Gasteiger charge is -2.15. The second-order valence-electron chi connectivity index (χ2n) is 19.6. The number of hydrogen-bond donors (Lipinski definition) is 7. The maximum absolute atomic E-state index is 15.1. The fraction of sp³-hybridized carbons (Fsp3) is 0.0667. The van der Waals surface area contributed by atoms with Crippen LogP contribution >= 0.6 is 0 Å². The number of benzene rings is 6. The van der Waals surface area contributed by atoms with Crippen LogP contribution in [0.1, 0.15) is 60.2 Å². The number of hydrogen-bond acceptors (Lipinski definition) is 15. The molecule has 6 aromatic heterocycles. The number of sulfonamides is 3. The van der Waals surface area contributed by atoms with Gasteiger partial charge in [0.05, 0.1) is 65.1 Å². The van der Waals surface area contributed by atoms with Gasteiger partial charge in [0.1, 0.15) is 42.0 Å². The Morgan fingerprint density at radius 2 is 0.875 bits per heavy atom. The third-order valence-corrected chi connectivity index (χ3v) is 17.6. The molecule has 496 valence electrons. The number of nitrogens with one attached hydrogen (secondary N) is 6. The van der Waals surface area contributed by atoms with Crippen molar-refractivity contribution in [1.29, 1.82) is 0 Å². The molecule has 0 radical (unpaired) electrons. The highest BCUT2D eigenvalue weighted by molar-refractivity contribution is 7.93. The summed E-state index contributed by atoms with van der Waals surface area (Å²) in [5.74, 6) is -3.99. The van der Waals surface area contributed by atoms with Crippen LogP contribution in [0.4, 0.5) is 69.7 Å². The van der Waals surface area contributed by atoms with Crippen molar-refractivity contribution in [2.45, 2.75) is 39.3 Å². The minimum atomic E-state index is -4.63. The third kappa shape index (κ3) is 15.9. The van der Waals surface area contributed by atoms with Crippen LogP contribution in [-0.2, 0) is 48.6 Å². The summed E-state index contributed by atoms with van der Waals surface area (Å²) in [6, 6.07) is 20.9. The number of alkyl halides is 9. The number of H-pyrrole nitrogens is 3. The molecule has 36 heteroatoms. The molecule has 0 amide bonds. The van der Waals surface area contributed by atoms with E-state index in [1.165, 1.54) is 74.1 Å². The topological polar surface area (TPSA) is 318 Å². The molecule has 0 aliphatic heterocycles. The predicted molar refractivity (Wildman–Crippen MR) is 321 cm³/mol. The first-order valence-corrected chi connectivity index (χ1v) is 31.1. The first-order chi connectivity index (χ1) is 45.3. The molecule has 0 spiro atoms. The van der Waals surface area contributed by atoms with Gasteiger partial charge in [-0.3, -0.25) is 23.8 Å². The number of ketones is 1. The number of anilines is 3. The molecule has 0 saturated carbocycles. The standard InChI is InChI=1S/C20H14F4N4O3S.C20H12F4N4O3S.C14H9F4NO3S.C6H5N3/c2*21-17-13(18(29)14-9-26-19-15(14)8-25-10-27-19)2-1-3-16(17)28-32(30,31)12-6-4-11(5-7-12)20(22,23)24;15-13-9(8-20)2-1-3-12(13)19-23(21,22)11-6-4-10(5-7-11)14(16,17)18;1-2-8-6-5(1)3-7-4-9-6/h1-10,18,28-29H,(H,25,26,27);1-10,28H,(H,25,26,27);1-8,19H;1-4H,(H,7,8,9). The fourth-order valence-electron chi connectivity index (χ4n) is 8.69. The average molecular weight is 1400 g/mol. The van der Waals surface area contributed by atoms with E-state index in [2.05, 4.69) is 44.9 Å². The van der Waals surface area contributed by atoms with E-state index in [-0.39, 0.29) is 28.5 Å². The highest BCUT2D eigenvalue weighted by Crippen LogP contribution is 2.36. The van der Waals surface area contributed by atoms with Crippen molar-refractivity contribution in [3.8, 4) is 0 Å². The highest BCUT2D eigenvalue weighted by Gasteiger charge is 2.34. The lowest BCUT2D eigenvalue weighted by Crippen LogP contribution is -2.16. The Morgan fingerprint density at radius 1 is 0.458 bits per heavy atom. The number of nitrogens with zero attached hydrogens (tertiary/aromatic N) is 6. The molecule has 0 aliphatic carbocycles. The maximum atomic E-state index is 15.1. The van der Waals surface area contributed by atoms with E-state index in [9.17, 15) is 83.9 Å². The lowest BCUT2D eigenvalue weighted by molar-refractivity contribution is -0.138. The summed E-state index contributed by atoms with van der Waals surface area (Å²) in [7, 11) is -13.1. The van der Waals surface area contributed by atoms with Crippen LogP contribution in [0.15, 0.2) is 204 Å². The minimum Gasteiger partial charge on any atom is -0.383 e. The van der Waals surface area contributed by atoms with Crippen LogP contribution in [0.3, 0.4) is 0 Å². The normalized spacial score (nSPS) is 12.3. The van der Waals surface area contributed by atoms with Gasteiger partial charge in [0.2, 0.25) is 0 Å².